The molecular weight excluding hydrogens is 729 g/mol. The number of nitrogens with zero attached hydrogens (tertiary/aromatic N) is 1. The molecule has 4 rings (SSSR count). The van der Waals surface area contributed by atoms with Gasteiger partial charge in [-0.25, -0.2) is 0 Å². The highest BCUT2D eigenvalue weighted by atomic mass is 35.5. The van der Waals surface area contributed by atoms with E-state index in [0.717, 1.165) is 0 Å². The lowest BCUT2D eigenvalue weighted by Gasteiger charge is -2.27. The Kier molecular flexibility index (Phi) is 14.6. The van der Waals surface area contributed by atoms with Gasteiger partial charge in [-0.1, -0.05) is 72.9 Å². The highest BCUT2D eigenvalue weighted by molar-refractivity contribution is 6.42. The van der Waals surface area contributed by atoms with E-state index < -0.39 is 47.5 Å². The lowest BCUT2D eigenvalue weighted by Crippen LogP contribution is -2.57. The Hall–Kier alpha value is -3.81. The van der Waals surface area contributed by atoms with E-state index in [-0.39, 0.29) is 30.1 Å². The highest BCUT2D eigenvalue weighted by Gasteiger charge is 2.51. The quantitative estimate of drug-likeness (QED) is 0.150. The summed E-state index contributed by atoms with van der Waals surface area (Å²) in [6.07, 6.45) is -1.33. The number of halogens is 5. The van der Waals surface area contributed by atoms with Crippen molar-refractivity contribution in [3.8, 4) is 5.75 Å². The number of amides is 3. The van der Waals surface area contributed by atoms with E-state index in [1.54, 1.807) is 66.7 Å². The minimum Gasteiger partial charge on any atom is -0.485 e. The van der Waals surface area contributed by atoms with E-state index in [1.165, 1.54) is 13.8 Å². The van der Waals surface area contributed by atoms with Crippen molar-refractivity contribution in [1.82, 2.24) is 15.5 Å². The van der Waals surface area contributed by atoms with Gasteiger partial charge < -0.3 is 25.4 Å². The van der Waals surface area contributed by atoms with Crippen molar-refractivity contribution in [3.05, 3.63) is 92.9 Å². The predicted molar refractivity (Wildman–Crippen MR) is 192 cm³/mol. The summed E-state index contributed by atoms with van der Waals surface area (Å²) in [5.74, 6) is -9.36. The molecule has 3 aromatic rings. The molecule has 0 radical (unpaired) electrons. The zero-order chi connectivity index (χ0) is 37.1. The first kappa shape index (κ1) is 40.0. The molecule has 1 unspecified atom stereocenters. The Bertz CT molecular complexity index is 1690. The average Bonchev–Trinajstić information content (AvgIpc) is 3.10. The third-order valence-electron chi connectivity index (χ3n) is 8.10. The smallest absolute Gasteiger partial charge is 0.383 e. The van der Waals surface area contributed by atoms with Crippen LogP contribution in [0.1, 0.15) is 37.5 Å². The van der Waals surface area contributed by atoms with Crippen LogP contribution in [0.2, 0.25) is 15.1 Å². The summed E-state index contributed by atoms with van der Waals surface area (Å²) in [4.78, 5) is 53.9. The molecule has 0 aliphatic carbocycles. The summed E-state index contributed by atoms with van der Waals surface area (Å²) in [5.41, 5.74) is 1.22. The Morgan fingerprint density at radius 3 is 2.27 bits per heavy atom. The first-order chi connectivity index (χ1) is 24.2. The minimum absolute atomic E-state index is 0.0790. The number of Topliss-reactive ketones (excluding diaryl/α,β-unsaturated/α-hetero) is 1. The molecule has 51 heavy (non-hydrogen) atoms. The number of carbonyl (C=O) groups is 4. The van der Waals surface area contributed by atoms with Crippen LogP contribution in [0.15, 0.2) is 66.7 Å². The van der Waals surface area contributed by atoms with Crippen LogP contribution < -0.4 is 20.7 Å². The molecule has 274 valence electrons. The van der Waals surface area contributed by atoms with Gasteiger partial charge in [0, 0.05) is 36.9 Å². The monoisotopic (exact) mass is 766 g/mol. The van der Waals surface area contributed by atoms with Gasteiger partial charge >= 0.3 is 5.92 Å². The van der Waals surface area contributed by atoms with E-state index in [9.17, 15) is 19.2 Å². The van der Waals surface area contributed by atoms with Crippen LogP contribution in [0.4, 0.5) is 14.5 Å². The number of ether oxygens (including phenoxy) is 2. The fraction of sp³-hybridized carbons (Fsp3) is 0.389. The lowest BCUT2D eigenvalue weighted by atomic mass is 9.95. The normalized spacial score (nSPS) is 14.7. The maximum atomic E-state index is 15.1. The first-order valence-corrected chi connectivity index (χ1v) is 17.4. The molecule has 0 spiro atoms. The van der Waals surface area contributed by atoms with Crippen molar-refractivity contribution in [3.63, 3.8) is 0 Å². The number of morpholine rings is 1. The van der Waals surface area contributed by atoms with Gasteiger partial charge in [-0.05, 0) is 59.5 Å². The summed E-state index contributed by atoms with van der Waals surface area (Å²) in [6.45, 7) is 5.45. The van der Waals surface area contributed by atoms with Crippen molar-refractivity contribution in [2.75, 3.05) is 44.7 Å². The van der Waals surface area contributed by atoms with Crippen LogP contribution in [-0.4, -0.2) is 79.8 Å². The molecule has 2 atom stereocenters. The van der Waals surface area contributed by atoms with E-state index in [2.05, 4.69) is 16.0 Å². The third-order valence-corrected chi connectivity index (χ3v) is 9.09. The fourth-order valence-electron chi connectivity index (χ4n) is 5.29. The molecule has 1 saturated heterocycles. The van der Waals surface area contributed by atoms with Crippen molar-refractivity contribution in [2.24, 2.45) is 5.92 Å². The number of hydrogen-bond donors (Lipinski definition) is 3. The van der Waals surface area contributed by atoms with Gasteiger partial charge in [0.1, 0.15) is 11.9 Å². The SMILES string of the molecule is CC(C)[C@H](NC(=O)Cc1ccccc1NC(=O)CC(Oc1ccc(Cl)cc1)c1ccc(Cl)c(Cl)c1)C(=O)C(F)(F)C(=O)NCCN1CCOCC1. The zero-order valence-electron chi connectivity index (χ0n) is 28.0. The molecule has 15 heteroatoms. The molecule has 1 aliphatic heterocycles. The minimum atomic E-state index is -4.38. The number of para-hydroxylation sites is 1. The second-order valence-corrected chi connectivity index (χ2v) is 13.5. The van der Waals surface area contributed by atoms with Crippen LogP contribution >= 0.6 is 34.8 Å². The average molecular weight is 768 g/mol. The first-order valence-electron chi connectivity index (χ1n) is 16.3. The van der Waals surface area contributed by atoms with Gasteiger partial charge in [-0.3, -0.25) is 24.1 Å². The topological polar surface area (TPSA) is 126 Å². The molecule has 3 N–H and O–H groups in total. The van der Waals surface area contributed by atoms with E-state index >= 15 is 8.78 Å². The molecule has 3 aromatic carbocycles. The van der Waals surface area contributed by atoms with Gasteiger partial charge in [0.15, 0.2) is 0 Å². The van der Waals surface area contributed by atoms with Crippen LogP contribution in [0, 0.1) is 5.92 Å². The van der Waals surface area contributed by atoms with Gasteiger partial charge in [-0.2, -0.15) is 8.78 Å². The summed E-state index contributed by atoms with van der Waals surface area (Å²) < 4.78 is 41.5. The van der Waals surface area contributed by atoms with Crippen LogP contribution in [-0.2, 0) is 30.3 Å². The maximum absolute atomic E-state index is 15.1. The number of rotatable bonds is 16. The number of ketones is 1. The second kappa shape index (κ2) is 18.6. The number of benzene rings is 3. The van der Waals surface area contributed by atoms with E-state index in [4.69, 9.17) is 44.3 Å². The molecule has 1 heterocycles. The molecular formula is C36H39Cl3F2N4O6. The molecule has 10 nitrogen and oxygen atoms in total. The van der Waals surface area contributed by atoms with Gasteiger partial charge in [0.05, 0.1) is 42.1 Å². The number of hydrogen-bond acceptors (Lipinski definition) is 7. The van der Waals surface area contributed by atoms with Crippen LogP contribution in [0.3, 0.4) is 0 Å². The number of alkyl halides is 2. The largest absolute Gasteiger partial charge is 0.485 e. The predicted octanol–water partition coefficient (Wildman–Crippen LogP) is 6.13. The standard InChI is InChI=1S/C36H39Cl3F2N4O6/c1-22(2)33(34(48)36(40,41)35(49)42-13-14-45-15-17-50-18-16-45)44-31(46)20-23-5-3-4-6-29(23)43-32(47)21-30(24-7-12-27(38)28(39)19-24)51-26-10-8-25(37)9-11-26/h3-12,19,22,30,33H,13-18,20-21H2,1-2H3,(H,42,49)(H,43,47)(H,44,46)/t30?,33-/m0/s1. The Balaban J connectivity index is 1.40. The molecule has 1 fully saturated rings. The zero-order valence-corrected chi connectivity index (χ0v) is 30.3. The number of anilines is 1. The summed E-state index contributed by atoms with van der Waals surface area (Å²) in [7, 11) is 0. The summed E-state index contributed by atoms with van der Waals surface area (Å²) in [6, 6.07) is 16.3. The van der Waals surface area contributed by atoms with Crippen LogP contribution in [0.5, 0.6) is 5.75 Å². The van der Waals surface area contributed by atoms with Crippen molar-refractivity contribution in [2.45, 2.75) is 44.8 Å². The number of carbonyl (C=O) groups excluding carboxylic acids is 4. The molecule has 3 amide bonds. The Morgan fingerprint density at radius 1 is 0.922 bits per heavy atom. The fourth-order valence-corrected chi connectivity index (χ4v) is 5.72. The van der Waals surface area contributed by atoms with Gasteiger partial charge in [0.2, 0.25) is 17.6 Å². The molecule has 1 aliphatic rings. The third kappa shape index (κ3) is 11.6. The lowest BCUT2D eigenvalue weighted by molar-refractivity contribution is -0.161. The van der Waals surface area contributed by atoms with Gasteiger partial charge in [-0.15, -0.1) is 0 Å². The van der Waals surface area contributed by atoms with Gasteiger partial charge in [0.25, 0.3) is 5.91 Å². The molecule has 0 aromatic heterocycles. The molecule has 0 saturated carbocycles. The maximum Gasteiger partial charge on any atom is 0.383 e. The highest BCUT2D eigenvalue weighted by Crippen LogP contribution is 2.31. The van der Waals surface area contributed by atoms with Crippen molar-refractivity contribution >= 4 is 64.0 Å². The van der Waals surface area contributed by atoms with Crippen LogP contribution in [0.25, 0.3) is 0 Å². The second-order valence-electron chi connectivity index (χ2n) is 12.3. The van der Waals surface area contributed by atoms with E-state index in [0.29, 0.717) is 59.8 Å². The summed E-state index contributed by atoms with van der Waals surface area (Å²) in [5, 5.41) is 8.41. The molecule has 0 bridgehead atoms. The Labute approximate surface area is 310 Å². The van der Waals surface area contributed by atoms with Crippen molar-refractivity contribution < 1.29 is 37.4 Å². The summed E-state index contributed by atoms with van der Waals surface area (Å²) >= 11 is 18.4. The Morgan fingerprint density at radius 2 is 1.61 bits per heavy atom. The van der Waals surface area contributed by atoms with E-state index in [1.807, 2.05) is 4.90 Å². The van der Waals surface area contributed by atoms with Crippen molar-refractivity contribution in [1.29, 1.82) is 0 Å². The number of nitrogens with one attached hydrogen (secondary N) is 3.